The monoisotopic (exact) mass is 345 g/mol. The summed E-state index contributed by atoms with van der Waals surface area (Å²) in [4.78, 5) is 14.1. The van der Waals surface area contributed by atoms with Crippen LogP contribution in [0.5, 0.6) is 17.4 Å². The van der Waals surface area contributed by atoms with Gasteiger partial charge in [0.15, 0.2) is 11.5 Å². The van der Waals surface area contributed by atoms with Crippen molar-refractivity contribution in [2.75, 3.05) is 19.9 Å². The fraction of sp³-hybridized carbons (Fsp3) is 0.312. The van der Waals surface area contributed by atoms with Gasteiger partial charge in [-0.25, -0.2) is 0 Å². The van der Waals surface area contributed by atoms with Gasteiger partial charge in [-0.3, -0.25) is 4.79 Å². The summed E-state index contributed by atoms with van der Waals surface area (Å²) in [6, 6.07) is 5.59. The lowest BCUT2D eigenvalue weighted by molar-refractivity contribution is -0.125. The third-order valence-corrected chi connectivity index (χ3v) is 4.36. The Morgan fingerprint density at radius 2 is 2.29 bits per heavy atom. The number of carbonyl (C=O) groups excluding carboxylic acids is 1. The van der Waals surface area contributed by atoms with E-state index in [9.17, 15) is 4.79 Å². The summed E-state index contributed by atoms with van der Waals surface area (Å²) in [6.45, 7) is 1.47. The van der Waals surface area contributed by atoms with Gasteiger partial charge in [0, 0.05) is 19.0 Å². The highest BCUT2D eigenvalue weighted by Gasteiger charge is 2.27. The van der Waals surface area contributed by atoms with Gasteiger partial charge in [0.25, 0.3) is 0 Å². The number of amides is 1. The maximum atomic E-state index is 12.3. The molecule has 1 atom stereocenters. The van der Waals surface area contributed by atoms with E-state index < -0.39 is 0 Å². The summed E-state index contributed by atoms with van der Waals surface area (Å²) in [5, 5.41) is 0. The number of nitrogens with zero attached hydrogens (tertiary/aromatic N) is 3. The number of aromatic nitrogens is 2. The van der Waals surface area contributed by atoms with E-state index in [4.69, 9.17) is 14.2 Å². The van der Waals surface area contributed by atoms with Gasteiger partial charge in [-0.05, 0) is 23.8 Å². The predicted octanol–water partition coefficient (Wildman–Crippen LogP) is 1.96. The molecule has 1 aromatic carbocycles. The fourth-order valence-corrected chi connectivity index (χ4v) is 3.05. The van der Waals surface area contributed by atoms with Gasteiger partial charge in [0.2, 0.25) is 18.6 Å². The molecule has 124 valence electrons. The molecule has 1 amide bonds. The zero-order valence-corrected chi connectivity index (χ0v) is 13.6. The maximum absolute atomic E-state index is 12.3. The lowest BCUT2D eigenvalue weighted by Crippen LogP contribution is -2.29. The second-order valence-corrected chi connectivity index (χ2v) is 6.06. The van der Waals surface area contributed by atoms with Crippen molar-refractivity contribution in [1.82, 2.24) is 13.6 Å². The number of benzene rings is 1. The normalized spacial score (nSPS) is 19.2. The van der Waals surface area contributed by atoms with Crippen LogP contribution in [0.3, 0.4) is 0 Å². The highest BCUT2D eigenvalue weighted by Crippen LogP contribution is 2.32. The molecule has 7 nitrogen and oxygen atoms in total. The summed E-state index contributed by atoms with van der Waals surface area (Å²) in [5.41, 5.74) is 0.896. The molecule has 0 radical (unpaired) electrons. The number of ether oxygens (including phenoxy) is 3. The third kappa shape index (κ3) is 3.18. The number of fused-ring (bicyclic) bond motifs is 1. The first-order valence-corrected chi connectivity index (χ1v) is 8.32. The summed E-state index contributed by atoms with van der Waals surface area (Å²) >= 11 is 1.11. The van der Waals surface area contributed by atoms with Crippen LogP contribution in [0.2, 0.25) is 0 Å². The summed E-state index contributed by atoms with van der Waals surface area (Å²) in [6.07, 6.45) is 5.71. The van der Waals surface area contributed by atoms with Crippen LogP contribution in [0.4, 0.5) is 0 Å². The van der Waals surface area contributed by atoms with E-state index in [0.29, 0.717) is 24.7 Å². The van der Waals surface area contributed by atoms with Crippen molar-refractivity contribution >= 4 is 23.7 Å². The third-order valence-electron chi connectivity index (χ3n) is 3.90. The van der Waals surface area contributed by atoms with E-state index in [2.05, 4.69) is 8.75 Å². The van der Waals surface area contributed by atoms with Crippen LogP contribution in [-0.4, -0.2) is 45.5 Å². The highest BCUT2D eigenvalue weighted by atomic mass is 32.1. The molecule has 0 bridgehead atoms. The van der Waals surface area contributed by atoms with Crippen molar-refractivity contribution in [3.63, 3.8) is 0 Å². The Kier molecular flexibility index (Phi) is 4.04. The van der Waals surface area contributed by atoms with Crippen LogP contribution in [0.15, 0.2) is 30.5 Å². The standard InChI is InChI=1S/C16H15N3O4S/c20-16(4-2-11-1-3-13-14(7-11)22-10-21-13)19-6-5-12(9-19)23-15-8-17-24-18-15/h1-4,7-8,12H,5-6,9-10H2/b4-2+. The molecule has 3 heterocycles. The molecular formula is C16H15N3O4S. The molecule has 0 aliphatic carbocycles. The first-order valence-electron chi connectivity index (χ1n) is 7.59. The molecule has 2 aliphatic rings. The number of hydrogen-bond acceptors (Lipinski definition) is 7. The number of likely N-dealkylation sites (tertiary alicyclic amines) is 1. The molecule has 1 aromatic heterocycles. The topological polar surface area (TPSA) is 73.8 Å². The molecule has 1 fully saturated rings. The lowest BCUT2D eigenvalue weighted by atomic mass is 10.2. The average molecular weight is 345 g/mol. The Hall–Kier alpha value is -2.61. The molecule has 2 aliphatic heterocycles. The van der Waals surface area contributed by atoms with Crippen LogP contribution in [0.25, 0.3) is 6.08 Å². The van der Waals surface area contributed by atoms with Gasteiger partial charge in [0.1, 0.15) is 12.3 Å². The summed E-state index contributed by atoms with van der Waals surface area (Å²) in [7, 11) is 0. The molecule has 8 heteroatoms. The second kappa shape index (κ2) is 6.48. The first-order chi connectivity index (χ1) is 11.8. The molecule has 1 saturated heterocycles. The zero-order valence-electron chi connectivity index (χ0n) is 12.8. The second-order valence-electron chi connectivity index (χ2n) is 5.50. The molecular weight excluding hydrogens is 330 g/mol. The van der Waals surface area contributed by atoms with Crippen molar-refractivity contribution in [3.8, 4) is 17.4 Å². The summed E-state index contributed by atoms with van der Waals surface area (Å²) in [5.74, 6) is 1.93. The van der Waals surface area contributed by atoms with Crippen molar-refractivity contribution in [1.29, 1.82) is 0 Å². The van der Waals surface area contributed by atoms with E-state index in [1.165, 1.54) is 0 Å². The van der Waals surface area contributed by atoms with Gasteiger partial charge in [-0.15, -0.1) is 4.37 Å². The van der Waals surface area contributed by atoms with Gasteiger partial charge < -0.3 is 19.1 Å². The van der Waals surface area contributed by atoms with E-state index in [-0.39, 0.29) is 18.8 Å². The van der Waals surface area contributed by atoms with E-state index in [0.717, 1.165) is 29.5 Å². The van der Waals surface area contributed by atoms with Crippen molar-refractivity contribution in [2.24, 2.45) is 0 Å². The Labute approximate surface area is 142 Å². The van der Waals surface area contributed by atoms with Crippen LogP contribution < -0.4 is 14.2 Å². The molecule has 4 rings (SSSR count). The van der Waals surface area contributed by atoms with Gasteiger partial charge in [0.05, 0.1) is 18.3 Å². The molecule has 24 heavy (non-hydrogen) atoms. The van der Waals surface area contributed by atoms with Crippen molar-refractivity contribution < 1.29 is 19.0 Å². The predicted molar refractivity (Wildman–Crippen MR) is 87.1 cm³/mol. The van der Waals surface area contributed by atoms with Crippen molar-refractivity contribution in [3.05, 3.63) is 36.0 Å². The van der Waals surface area contributed by atoms with Crippen LogP contribution in [-0.2, 0) is 4.79 Å². The number of carbonyl (C=O) groups is 1. The van der Waals surface area contributed by atoms with Gasteiger partial charge in [-0.1, -0.05) is 6.07 Å². The average Bonchev–Trinajstić information content (AvgIpc) is 3.34. The maximum Gasteiger partial charge on any atom is 0.246 e. The minimum atomic E-state index is -0.0323. The van der Waals surface area contributed by atoms with E-state index in [1.807, 2.05) is 18.2 Å². The van der Waals surface area contributed by atoms with Gasteiger partial charge >= 0.3 is 0 Å². The minimum absolute atomic E-state index is 0.0307. The Morgan fingerprint density at radius 1 is 1.38 bits per heavy atom. The van der Waals surface area contributed by atoms with Crippen LogP contribution >= 0.6 is 11.7 Å². The molecule has 0 spiro atoms. The first kappa shape index (κ1) is 14.9. The fourth-order valence-electron chi connectivity index (χ4n) is 2.69. The summed E-state index contributed by atoms with van der Waals surface area (Å²) < 4.78 is 24.2. The molecule has 0 saturated carbocycles. The van der Waals surface area contributed by atoms with E-state index in [1.54, 1.807) is 23.2 Å². The van der Waals surface area contributed by atoms with E-state index >= 15 is 0 Å². The van der Waals surface area contributed by atoms with Crippen LogP contribution in [0, 0.1) is 0 Å². The Morgan fingerprint density at radius 3 is 3.17 bits per heavy atom. The van der Waals surface area contributed by atoms with Gasteiger partial charge in [-0.2, -0.15) is 4.37 Å². The molecule has 1 unspecified atom stereocenters. The minimum Gasteiger partial charge on any atom is -0.471 e. The number of hydrogen-bond donors (Lipinski definition) is 0. The lowest BCUT2D eigenvalue weighted by Gasteiger charge is -2.14. The Bertz CT molecular complexity index is 763. The Balaban J connectivity index is 1.34. The van der Waals surface area contributed by atoms with Crippen molar-refractivity contribution in [2.45, 2.75) is 12.5 Å². The number of rotatable bonds is 4. The SMILES string of the molecule is O=C(/C=C/c1ccc2c(c1)OCO2)N1CCC(Oc2cnsn2)C1. The highest BCUT2D eigenvalue weighted by molar-refractivity contribution is 6.99. The quantitative estimate of drug-likeness (QED) is 0.789. The smallest absolute Gasteiger partial charge is 0.246 e. The molecule has 0 N–H and O–H groups in total. The van der Waals surface area contributed by atoms with Crippen LogP contribution in [0.1, 0.15) is 12.0 Å². The zero-order chi connectivity index (χ0) is 16.4. The largest absolute Gasteiger partial charge is 0.471 e. The molecule has 2 aromatic rings.